The van der Waals surface area contributed by atoms with Gasteiger partial charge in [-0.25, -0.2) is 0 Å². The number of nitrogens with one attached hydrogen (secondary N) is 2. The Bertz CT molecular complexity index is 571. The van der Waals surface area contributed by atoms with E-state index in [2.05, 4.69) is 23.7 Å². The van der Waals surface area contributed by atoms with Crippen LogP contribution in [-0.2, 0) is 17.9 Å². The summed E-state index contributed by atoms with van der Waals surface area (Å²) >= 11 is 7.82. The molecular formula is C16H20ClN2OS+. The van der Waals surface area contributed by atoms with Crippen molar-refractivity contribution >= 4 is 28.8 Å². The summed E-state index contributed by atoms with van der Waals surface area (Å²) in [6.45, 7) is 4.89. The molecule has 1 aromatic heterocycles. The fourth-order valence-corrected chi connectivity index (χ4v) is 3.08. The highest BCUT2D eigenvalue weighted by Gasteiger charge is 2.13. The van der Waals surface area contributed by atoms with Gasteiger partial charge in [0.05, 0.1) is 11.4 Å². The minimum Gasteiger partial charge on any atom is -0.347 e. The molecule has 0 aliphatic rings. The average molecular weight is 324 g/mol. The Morgan fingerprint density at radius 1 is 1.29 bits per heavy atom. The molecule has 0 aliphatic heterocycles. The van der Waals surface area contributed by atoms with Crippen LogP contribution in [0.4, 0.5) is 0 Å². The molecule has 1 heterocycles. The van der Waals surface area contributed by atoms with Crippen molar-refractivity contribution in [3.8, 4) is 0 Å². The molecule has 1 amide bonds. The van der Waals surface area contributed by atoms with E-state index in [1.165, 1.54) is 9.78 Å². The summed E-state index contributed by atoms with van der Waals surface area (Å²) in [6, 6.07) is 11.7. The van der Waals surface area contributed by atoms with Gasteiger partial charge in [0.15, 0.2) is 6.54 Å². The number of rotatable bonds is 7. The number of carbonyl (C=O) groups is 1. The molecule has 0 spiro atoms. The minimum absolute atomic E-state index is 0.0586. The van der Waals surface area contributed by atoms with Gasteiger partial charge in [0, 0.05) is 11.6 Å². The predicted octanol–water partition coefficient (Wildman–Crippen LogP) is 2.12. The predicted molar refractivity (Wildman–Crippen MR) is 87.7 cm³/mol. The molecule has 2 N–H and O–H groups in total. The van der Waals surface area contributed by atoms with Gasteiger partial charge in [-0.15, -0.1) is 11.3 Å². The molecule has 5 heteroatoms. The van der Waals surface area contributed by atoms with Crippen LogP contribution in [0.1, 0.15) is 17.4 Å². The van der Waals surface area contributed by atoms with Crippen LogP contribution in [0, 0.1) is 0 Å². The number of hydrogen-bond acceptors (Lipinski definition) is 2. The third-order valence-corrected chi connectivity index (χ3v) is 4.59. The number of amides is 1. The standard InChI is InChI=1S/C16H19ClN2OS/c1-2-19(11-14-7-5-9-21-14)12-16(20)18-10-13-6-3-4-8-15(13)17/h3-9H,2,10-12H2,1H3,(H,18,20)/p+1. The Morgan fingerprint density at radius 2 is 2.10 bits per heavy atom. The van der Waals surface area contributed by atoms with Crippen LogP contribution in [0.5, 0.6) is 0 Å². The lowest BCUT2D eigenvalue weighted by molar-refractivity contribution is -0.903. The molecular weight excluding hydrogens is 304 g/mol. The Balaban J connectivity index is 1.81. The lowest BCUT2D eigenvalue weighted by atomic mass is 10.2. The van der Waals surface area contributed by atoms with Gasteiger partial charge < -0.3 is 10.2 Å². The average Bonchev–Trinajstić information content (AvgIpc) is 2.98. The number of hydrogen-bond donors (Lipinski definition) is 2. The zero-order valence-corrected chi connectivity index (χ0v) is 13.6. The van der Waals surface area contributed by atoms with Gasteiger partial charge in [-0.2, -0.15) is 0 Å². The maximum atomic E-state index is 12.1. The molecule has 1 unspecified atom stereocenters. The molecule has 2 rings (SSSR count). The monoisotopic (exact) mass is 323 g/mol. The fraction of sp³-hybridized carbons (Fsp3) is 0.312. The van der Waals surface area contributed by atoms with E-state index < -0.39 is 0 Å². The maximum Gasteiger partial charge on any atom is 0.275 e. The first-order valence-corrected chi connectivity index (χ1v) is 8.31. The first kappa shape index (κ1) is 16.0. The van der Waals surface area contributed by atoms with Gasteiger partial charge in [0.25, 0.3) is 5.91 Å². The summed E-state index contributed by atoms with van der Waals surface area (Å²) in [5.74, 6) is 0.0586. The molecule has 0 fully saturated rings. The van der Waals surface area contributed by atoms with E-state index in [0.29, 0.717) is 18.1 Å². The highest BCUT2D eigenvalue weighted by molar-refractivity contribution is 7.09. The van der Waals surface area contributed by atoms with Crippen molar-refractivity contribution in [2.24, 2.45) is 0 Å². The van der Waals surface area contributed by atoms with Gasteiger partial charge in [0.2, 0.25) is 0 Å². The second kappa shape index (κ2) is 8.17. The molecule has 0 aliphatic carbocycles. The molecule has 112 valence electrons. The summed E-state index contributed by atoms with van der Waals surface area (Å²) in [6.07, 6.45) is 0. The van der Waals surface area contributed by atoms with Crippen molar-refractivity contribution in [2.75, 3.05) is 13.1 Å². The topological polar surface area (TPSA) is 33.5 Å². The second-order valence-corrected chi connectivity index (χ2v) is 6.34. The molecule has 3 nitrogen and oxygen atoms in total. The third-order valence-electron chi connectivity index (χ3n) is 3.35. The summed E-state index contributed by atoms with van der Waals surface area (Å²) in [4.78, 5) is 14.6. The van der Waals surface area contributed by atoms with Crippen LogP contribution < -0.4 is 10.2 Å². The van der Waals surface area contributed by atoms with Gasteiger partial charge >= 0.3 is 0 Å². The number of halogens is 1. The molecule has 0 saturated carbocycles. The number of thiophene rings is 1. The largest absolute Gasteiger partial charge is 0.347 e. The smallest absolute Gasteiger partial charge is 0.275 e. The van der Waals surface area contributed by atoms with Crippen molar-refractivity contribution < 1.29 is 9.69 Å². The number of carbonyl (C=O) groups excluding carboxylic acids is 1. The second-order valence-electron chi connectivity index (χ2n) is 4.90. The maximum absolute atomic E-state index is 12.1. The highest BCUT2D eigenvalue weighted by atomic mass is 35.5. The summed E-state index contributed by atoms with van der Waals surface area (Å²) < 4.78 is 0. The molecule has 0 saturated heterocycles. The molecule has 21 heavy (non-hydrogen) atoms. The van der Waals surface area contributed by atoms with Crippen molar-refractivity contribution in [3.63, 3.8) is 0 Å². The Hall–Kier alpha value is -1.36. The van der Waals surface area contributed by atoms with Crippen molar-refractivity contribution in [3.05, 3.63) is 57.2 Å². The van der Waals surface area contributed by atoms with Crippen molar-refractivity contribution in [1.29, 1.82) is 0 Å². The molecule has 1 aromatic carbocycles. The van der Waals surface area contributed by atoms with Crippen LogP contribution in [0.15, 0.2) is 41.8 Å². The molecule has 2 aromatic rings. The number of likely N-dealkylation sites (N-methyl/N-ethyl adjacent to an activating group) is 1. The molecule has 0 radical (unpaired) electrons. The van der Waals surface area contributed by atoms with Gasteiger partial charge in [0.1, 0.15) is 6.54 Å². The quantitative estimate of drug-likeness (QED) is 0.804. The lowest BCUT2D eigenvalue weighted by Gasteiger charge is -2.16. The normalized spacial score (nSPS) is 12.1. The van der Waals surface area contributed by atoms with Gasteiger partial charge in [-0.1, -0.05) is 35.9 Å². The zero-order chi connectivity index (χ0) is 15.1. The summed E-state index contributed by atoms with van der Waals surface area (Å²) in [5.41, 5.74) is 0.948. The van der Waals surface area contributed by atoms with Crippen LogP contribution in [-0.4, -0.2) is 19.0 Å². The van der Waals surface area contributed by atoms with Crippen molar-refractivity contribution in [1.82, 2.24) is 5.32 Å². The van der Waals surface area contributed by atoms with Crippen LogP contribution in [0.2, 0.25) is 5.02 Å². The van der Waals surface area contributed by atoms with E-state index in [-0.39, 0.29) is 5.91 Å². The van der Waals surface area contributed by atoms with Crippen LogP contribution >= 0.6 is 22.9 Å². The van der Waals surface area contributed by atoms with Crippen LogP contribution in [0.3, 0.4) is 0 Å². The SMILES string of the molecule is CC[NH+](CC(=O)NCc1ccccc1Cl)Cc1cccs1. The van der Waals surface area contributed by atoms with E-state index >= 15 is 0 Å². The van der Waals surface area contributed by atoms with Crippen molar-refractivity contribution in [2.45, 2.75) is 20.0 Å². The number of quaternary nitrogens is 1. The third kappa shape index (κ3) is 5.16. The van der Waals surface area contributed by atoms with Gasteiger partial charge in [-0.3, -0.25) is 4.79 Å². The van der Waals surface area contributed by atoms with Gasteiger partial charge in [-0.05, 0) is 30.0 Å². The van der Waals surface area contributed by atoms with E-state index in [4.69, 9.17) is 11.6 Å². The Morgan fingerprint density at radius 3 is 2.76 bits per heavy atom. The molecule has 1 atom stereocenters. The Labute approximate surface area is 134 Å². The summed E-state index contributed by atoms with van der Waals surface area (Å²) in [5, 5.41) is 5.70. The molecule has 0 bridgehead atoms. The van der Waals surface area contributed by atoms with E-state index in [9.17, 15) is 4.79 Å². The summed E-state index contributed by atoms with van der Waals surface area (Å²) in [7, 11) is 0. The highest BCUT2D eigenvalue weighted by Crippen LogP contribution is 2.14. The zero-order valence-electron chi connectivity index (χ0n) is 12.1. The first-order valence-electron chi connectivity index (χ1n) is 7.05. The fourth-order valence-electron chi connectivity index (χ4n) is 2.10. The Kier molecular flexibility index (Phi) is 6.23. The van der Waals surface area contributed by atoms with Crippen LogP contribution in [0.25, 0.3) is 0 Å². The minimum atomic E-state index is 0.0586. The first-order chi connectivity index (χ1) is 10.2. The van der Waals surface area contributed by atoms with E-state index in [0.717, 1.165) is 18.7 Å². The van der Waals surface area contributed by atoms with E-state index in [1.54, 1.807) is 11.3 Å². The lowest BCUT2D eigenvalue weighted by Crippen LogP contribution is -3.11. The van der Waals surface area contributed by atoms with E-state index in [1.807, 2.05) is 30.3 Å². The number of benzene rings is 1.